The molecular formula is C13H16F3NO3. The van der Waals surface area contributed by atoms with Crippen molar-refractivity contribution in [1.82, 2.24) is 0 Å². The molecule has 0 saturated heterocycles. The predicted octanol–water partition coefficient (Wildman–Crippen LogP) is 2.98. The number of alkyl halides is 3. The van der Waals surface area contributed by atoms with Gasteiger partial charge < -0.3 is 15.5 Å². The van der Waals surface area contributed by atoms with Crippen LogP contribution in [0.3, 0.4) is 0 Å². The molecule has 0 radical (unpaired) electrons. The van der Waals surface area contributed by atoms with Crippen molar-refractivity contribution in [2.24, 2.45) is 0 Å². The van der Waals surface area contributed by atoms with Crippen LogP contribution in [0.15, 0.2) is 18.2 Å². The quantitative estimate of drug-likeness (QED) is 0.753. The summed E-state index contributed by atoms with van der Waals surface area (Å²) in [6.07, 6.45) is -3.99. The molecule has 1 atom stereocenters. The van der Waals surface area contributed by atoms with Gasteiger partial charge in [-0.1, -0.05) is 13.3 Å². The zero-order valence-electron chi connectivity index (χ0n) is 10.9. The highest BCUT2D eigenvalue weighted by atomic mass is 19.4. The minimum atomic E-state index is -4.59. The predicted molar refractivity (Wildman–Crippen MR) is 67.8 cm³/mol. The molecule has 20 heavy (non-hydrogen) atoms. The van der Waals surface area contributed by atoms with E-state index in [1.807, 2.05) is 6.92 Å². The molecule has 7 heteroatoms. The molecule has 3 N–H and O–H groups in total. The molecule has 0 aliphatic carbocycles. The van der Waals surface area contributed by atoms with Gasteiger partial charge in [-0.3, -0.25) is 0 Å². The number of nitrogens with one attached hydrogen (secondary N) is 1. The van der Waals surface area contributed by atoms with E-state index in [1.54, 1.807) is 0 Å². The maximum atomic E-state index is 12.5. The number of hydrogen-bond donors (Lipinski definition) is 3. The summed E-state index contributed by atoms with van der Waals surface area (Å²) in [6, 6.07) is 2.45. The number of aliphatic hydroxyl groups is 1. The van der Waals surface area contributed by atoms with Crippen molar-refractivity contribution >= 4 is 11.7 Å². The number of carbonyl (C=O) groups is 1. The zero-order chi connectivity index (χ0) is 15.3. The lowest BCUT2D eigenvalue weighted by Gasteiger charge is -2.15. The average Bonchev–Trinajstić information content (AvgIpc) is 2.35. The summed E-state index contributed by atoms with van der Waals surface area (Å²) in [5, 5.41) is 21.1. The second-order valence-corrected chi connectivity index (χ2v) is 4.39. The van der Waals surface area contributed by atoms with Crippen LogP contribution in [-0.2, 0) is 6.18 Å². The third-order valence-corrected chi connectivity index (χ3v) is 2.73. The van der Waals surface area contributed by atoms with Crippen LogP contribution in [0.1, 0.15) is 35.7 Å². The van der Waals surface area contributed by atoms with E-state index in [-0.39, 0.29) is 12.2 Å². The Balaban J connectivity index is 2.94. The third-order valence-electron chi connectivity index (χ3n) is 2.73. The first-order valence-electron chi connectivity index (χ1n) is 6.12. The van der Waals surface area contributed by atoms with Crippen molar-refractivity contribution in [3.8, 4) is 0 Å². The number of halogens is 3. The Morgan fingerprint density at radius 1 is 1.40 bits per heavy atom. The summed E-state index contributed by atoms with van der Waals surface area (Å²) in [5.74, 6) is -1.46. The number of benzene rings is 1. The smallest absolute Gasteiger partial charge is 0.416 e. The molecule has 1 aromatic rings. The van der Waals surface area contributed by atoms with Gasteiger partial charge in [0.05, 0.1) is 17.2 Å². The molecule has 0 aromatic heterocycles. The average molecular weight is 291 g/mol. The lowest BCUT2D eigenvalue weighted by atomic mass is 10.1. The number of rotatable bonds is 6. The van der Waals surface area contributed by atoms with Crippen molar-refractivity contribution in [2.75, 3.05) is 11.9 Å². The Morgan fingerprint density at radius 3 is 2.55 bits per heavy atom. The van der Waals surface area contributed by atoms with Crippen LogP contribution in [0, 0.1) is 0 Å². The first-order valence-corrected chi connectivity index (χ1v) is 6.12. The van der Waals surface area contributed by atoms with Crippen molar-refractivity contribution in [3.05, 3.63) is 29.3 Å². The van der Waals surface area contributed by atoms with Crippen molar-refractivity contribution in [1.29, 1.82) is 0 Å². The van der Waals surface area contributed by atoms with Crippen LogP contribution in [0.4, 0.5) is 18.9 Å². The number of anilines is 1. The third kappa shape index (κ3) is 4.41. The molecule has 0 spiro atoms. The number of carboxylic acid groups (broad SMARTS) is 1. The van der Waals surface area contributed by atoms with Gasteiger partial charge in [0.25, 0.3) is 0 Å². The zero-order valence-corrected chi connectivity index (χ0v) is 10.9. The van der Waals surface area contributed by atoms with Crippen LogP contribution < -0.4 is 5.32 Å². The highest BCUT2D eigenvalue weighted by Gasteiger charge is 2.31. The highest BCUT2D eigenvalue weighted by Crippen LogP contribution is 2.31. The number of carboxylic acids is 1. The van der Waals surface area contributed by atoms with Crippen LogP contribution in [-0.4, -0.2) is 28.8 Å². The Labute approximate surface area is 114 Å². The fourth-order valence-electron chi connectivity index (χ4n) is 1.71. The van der Waals surface area contributed by atoms with E-state index < -0.39 is 29.4 Å². The summed E-state index contributed by atoms with van der Waals surface area (Å²) in [6.45, 7) is 1.96. The fraction of sp³-hybridized carbons (Fsp3) is 0.462. The highest BCUT2D eigenvalue weighted by molar-refractivity contribution is 5.94. The van der Waals surface area contributed by atoms with Gasteiger partial charge in [0.1, 0.15) is 0 Å². The Hall–Kier alpha value is -1.76. The Bertz CT molecular complexity index is 474. The number of aliphatic hydroxyl groups excluding tert-OH is 1. The monoisotopic (exact) mass is 291 g/mol. The Kier molecular flexibility index (Phi) is 5.38. The van der Waals surface area contributed by atoms with Gasteiger partial charge in [0.2, 0.25) is 0 Å². The van der Waals surface area contributed by atoms with Gasteiger partial charge in [-0.15, -0.1) is 0 Å². The molecule has 0 aliphatic heterocycles. The maximum absolute atomic E-state index is 12.5. The first-order chi connectivity index (χ1) is 9.25. The lowest BCUT2D eigenvalue weighted by Crippen LogP contribution is -2.20. The summed E-state index contributed by atoms with van der Waals surface area (Å²) in [5.41, 5.74) is -1.43. The Morgan fingerprint density at radius 2 is 2.05 bits per heavy atom. The summed E-state index contributed by atoms with van der Waals surface area (Å²) >= 11 is 0. The summed E-state index contributed by atoms with van der Waals surface area (Å²) in [7, 11) is 0. The molecule has 0 bridgehead atoms. The van der Waals surface area contributed by atoms with Gasteiger partial charge >= 0.3 is 12.1 Å². The molecule has 0 fully saturated rings. The summed E-state index contributed by atoms with van der Waals surface area (Å²) < 4.78 is 37.6. The largest absolute Gasteiger partial charge is 0.478 e. The van der Waals surface area contributed by atoms with E-state index in [4.69, 9.17) is 5.11 Å². The van der Waals surface area contributed by atoms with Crippen LogP contribution >= 0.6 is 0 Å². The molecule has 0 aliphatic rings. The minimum absolute atomic E-state index is 0.0562. The number of hydrogen-bond acceptors (Lipinski definition) is 3. The molecule has 1 rings (SSSR count). The lowest BCUT2D eigenvalue weighted by molar-refractivity contribution is -0.137. The summed E-state index contributed by atoms with van der Waals surface area (Å²) in [4.78, 5) is 11.0. The molecule has 1 aromatic carbocycles. The van der Waals surface area contributed by atoms with Crippen molar-refractivity contribution in [2.45, 2.75) is 32.0 Å². The van der Waals surface area contributed by atoms with Gasteiger partial charge in [-0.05, 0) is 24.6 Å². The number of aromatic carboxylic acids is 1. The van der Waals surface area contributed by atoms with E-state index in [0.717, 1.165) is 18.6 Å². The van der Waals surface area contributed by atoms with Crippen LogP contribution in [0.25, 0.3) is 0 Å². The standard InChI is InChI=1S/C13H16F3NO3/c1-2-3-9(18)7-17-11-5-4-8(13(14,15)16)6-10(11)12(19)20/h4-6,9,17-18H,2-3,7H2,1H3,(H,19,20). The van der Waals surface area contributed by atoms with Gasteiger partial charge in [0.15, 0.2) is 0 Å². The van der Waals surface area contributed by atoms with Gasteiger partial charge in [0, 0.05) is 12.2 Å². The molecule has 0 heterocycles. The van der Waals surface area contributed by atoms with E-state index in [9.17, 15) is 23.1 Å². The molecule has 0 amide bonds. The van der Waals surface area contributed by atoms with E-state index in [2.05, 4.69) is 5.32 Å². The minimum Gasteiger partial charge on any atom is -0.478 e. The van der Waals surface area contributed by atoms with Crippen molar-refractivity contribution < 1.29 is 28.2 Å². The molecular weight excluding hydrogens is 275 g/mol. The second kappa shape index (κ2) is 6.60. The molecule has 4 nitrogen and oxygen atoms in total. The molecule has 1 unspecified atom stereocenters. The maximum Gasteiger partial charge on any atom is 0.416 e. The van der Waals surface area contributed by atoms with Crippen molar-refractivity contribution in [3.63, 3.8) is 0 Å². The van der Waals surface area contributed by atoms with Gasteiger partial charge in [-0.2, -0.15) is 13.2 Å². The van der Waals surface area contributed by atoms with E-state index in [0.29, 0.717) is 12.5 Å². The SMILES string of the molecule is CCCC(O)CNc1ccc(C(F)(F)F)cc1C(=O)O. The van der Waals surface area contributed by atoms with Crippen LogP contribution in [0.2, 0.25) is 0 Å². The normalized spacial score (nSPS) is 13.1. The fourth-order valence-corrected chi connectivity index (χ4v) is 1.71. The van der Waals surface area contributed by atoms with Gasteiger partial charge in [-0.25, -0.2) is 4.79 Å². The van der Waals surface area contributed by atoms with E-state index in [1.165, 1.54) is 0 Å². The second-order valence-electron chi connectivity index (χ2n) is 4.39. The van der Waals surface area contributed by atoms with E-state index >= 15 is 0 Å². The molecule has 112 valence electrons. The molecule has 0 saturated carbocycles. The van der Waals surface area contributed by atoms with Crippen LogP contribution in [0.5, 0.6) is 0 Å². The topological polar surface area (TPSA) is 69.6 Å². The first kappa shape index (κ1) is 16.3.